The van der Waals surface area contributed by atoms with E-state index in [-0.39, 0.29) is 11.8 Å². The number of nitrogens with two attached hydrogens (primary N) is 1. The highest BCUT2D eigenvalue weighted by Crippen LogP contribution is 2.50. The molecule has 2 atom stereocenters. The maximum Gasteiger partial charge on any atom is 0.303 e. The zero-order valence-corrected chi connectivity index (χ0v) is 9.34. The molecule has 0 aromatic carbocycles. The lowest BCUT2D eigenvalue weighted by Gasteiger charge is -2.41. The summed E-state index contributed by atoms with van der Waals surface area (Å²) in [6.07, 6.45) is 3.21. The van der Waals surface area contributed by atoms with E-state index < -0.39 is 11.5 Å². The molecule has 3 nitrogen and oxygen atoms in total. The molecule has 3 N–H and O–H groups in total. The molecule has 3 heteroatoms. The zero-order valence-electron chi connectivity index (χ0n) is 9.34. The molecule has 0 aliphatic heterocycles. The van der Waals surface area contributed by atoms with Gasteiger partial charge in [0.15, 0.2) is 0 Å². The van der Waals surface area contributed by atoms with Crippen LogP contribution in [0, 0.1) is 11.3 Å². The lowest BCUT2D eigenvalue weighted by atomic mass is 9.68. The number of hydrogen-bond acceptors (Lipinski definition) is 2. The van der Waals surface area contributed by atoms with E-state index in [9.17, 15) is 4.79 Å². The van der Waals surface area contributed by atoms with Crippen LogP contribution in [-0.2, 0) is 4.79 Å². The average molecular weight is 199 g/mol. The van der Waals surface area contributed by atoms with E-state index in [4.69, 9.17) is 10.8 Å². The summed E-state index contributed by atoms with van der Waals surface area (Å²) in [5, 5.41) is 8.93. The van der Waals surface area contributed by atoms with E-state index in [0.29, 0.717) is 5.92 Å². The number of carbonyl (C=O) groups is 1. The van der Waals surface area contributed by atoms with Crippen LogP contribution in [-0.4, -0.2) is 16.6 Å². The maximum absolute atomic E-state index is 10.9. The fraction of sp³-hybridized carbons (Fsp3) is 0.909. The Labute approximate surface area is 85.7 Å². The van der Waals surface area contributed by atoms with Crippen LogP contribution in [0.25, 0.3) is 0 Å². The quantitative estimate of drug-likeness (QED) is 0.730. The van der Waals surface area contributed by atoms with Crippen molar-refractivity contribution in [3.8, 4) is 0 Å². The van der Waals surface area contributed by atoms with E-state index in [0.717, 1.165) is 19.3 Å². The molecule has 0 aromatic rings. The number of rotatable bonds is 3. The first-order valence-corrected chi connectivity index (χ1v) is 5.27. The van der Waals surface area contributed by atoms with Crippen molar-refractivity contribution in [3.05, 3.63) is 0 Å². The van der Waals surface area contributed by atoms with Crippen LogP contribution < -0.4 is 5.73 Å². The molecular formula is C11H21NO2. The van der Waals surface area contributed by atoms with Gasteiger partial charge in [0.25, 0.3) is 0 Å². The smallest absolute Gasteiger partial charge is 0.303 e. The molecule has 2 unspecified atom stereocenters. The summed E-state index contributed by atoms with van der Waals surface area (Å²) >= 11 is 0. The lowest BCUT2D eigenvalue weighted by molar-refractivity contribution is -0.141. The van der Waals surface area contributed by atoms with Gasteiger partial charge >= 0.3 is 5.97 Å². The third kappa shape index (κ3) is 2.08. The molecule has 0 saturated heterocycles. The molecule has 82 valence electrons. The summed E-state index contributed by atoms with van der Waals surface area (Å²) in [7, 11) is 0. The predicted octanol–water partition coefficient (Wildman–Crippen LogP) is 2.00. The highest BCUT2D eigenvalue weighted by Gasteiger charge is 2.48. The highest BCUT2D eigenvalue weighted by molar-refractivity contribution is 5.68. The maximum atomic E-state index is 10.9. The molecule has 0 bridgehead atoms. The fourth-order valence-corrected chi connectivity index (χ4v) is 2.66. The van der Waals surface area contributed by atoms with Gasteiger partial charge in [-0.15, -0.1) is 0 Å². The summed E-state index contributed by atoms with van der Waals surface area (Å²) in [5.74, 6) is -0.116. The number of carboxylic acids is 1. The molecule has 14 heavy (non-hydrogen) atoms. The molecule has 0 heterocycles. The molecule has 1 aliphatic rings. The van der Waals surface area contributed by atoms with Crippen molar-refractivity contribution in [1.29, 1.82) is 0 Å². The zero-order chi connectivity index (χ0) is 11.0. The number of carboxylic acid groups (broad SMARTS) is 1. The minimum absolute atomic E-state index is 0.196. The molecular weight excluding hydrogens is 178 g/mol. The first kappa shape index (κ1) is 11.5. The summed E-state index contributed by atoms with van der Waals surface area (Å²) in [4.78, 5) is 10.9. The Morgan fingerprint density at radius 1 is 1.64 bits per heavy atom. The first-order valence-electron chi connectivity index (χ1n) is 5.27. The molecule has 0 spiro atoms. The second-order valence-electron chi connectivity index (χ2n) is 5.42. The molecule has 1 rings (SSSR count). The Bertz CT molecular complexity index is 232. The number of hydrogen-bond donors (Lipinski definition) is 2. The Morgan fingerprint density at radius 3 is 2.50 bits per heavy atom. The monoisotopic (exact) mass is 199 g/mol. The van der Waals surface area contributed by atoms with Crippen LogP contribution in [0.2, 0.25) is 0 Å². The van der Waals surface area contributed by atoms with Crippen LogP contribution in [0.3, 0.4) is 0 Å². The Hall–Kier alpha value is -0.570. The van der Waals surface area contributed by atoms with Crippen molar-refractivity contribution >= 4 is 5.97 Å². The largest absolute Gasteiger partial charge is 0.481 e. The molecule has 0 radical (unpaired) electrons. The van der Waals surface area contributed by atoms with Crippen molar-refractivity contribution in [2.24, 2.45) is 17.1 Å². The average Bonchev–Trinajstić information content (AvgIpc) is 2.29. The normalized spacial score (nSPS) is 33.3. The van der Waals surface area contributed by atoms with E-state index in [1.54, 1.807) is 0 Å². The fourth-order valence-electron chi connectivity index (χ4n) is 2.66. The van der Waals surface area contributed by atoms with Crippen molar-refractivity contribution in [2.75, 3.05) is 0 Å². The molecule has 0 aromatic heterocycles. The standard InChI is InChI=1S/C11H21NO2/c1-8-4-5-11(6-8,7-9(13)14)10(2,3)12/h8H,4-7,12H2,1-3H3,(H,13,14). The van der Waals surface area contributed by atoms with Gasteiger partial charge in [-0.1, -0.05) is 13.3 Å². The van der Waals surface area contributed by atoms with Crippen molar-refractivity contribution in [3.63, 3.8) is 0 Å². The lowest BCUT2D eigenvalue weighted by Crippen LogP contribution is -2.50. The Kier molecular flexibility index (Phi) is 2.91. The van der Waals surface area contributed by atoms with Gasteiger partial charge in [-0.2, -0.15) is 0 Å². The van der Waals surface area contributed by atoms with Gasteiger partial charge in [0.2, 0.25) is 0 Å². The molecule has 1 fully saturated rings. The van der Waals surface area contributed by atoms with Gasteiger partial charge in [-0.25, -0.2) is 0 Å². The first-order chi connectivity index (χ1) is 6.27. The van der Waals surface area contributed by atoms with Crippen LogP contribution in [0.1, 0.15) is 46.5 Å². The van der Waals surface area contributed by atoms with Crippen molar-refractivity contribution in [2.45, 2.75) is 52.0 Å². The minimum atomic E-state index is -0.724. The van der Waals surface area contributed by atoms with E-state index in [1.165, 1.54) is 0 Å². The molecule has 0 amide bonds. The van der Waals surface area contributed by atoms with E-state index in [2.05, 4.69) is 6.92 Å². The van der Waals surface area contributed by atoms with Crippen molar-refractivity contribution in [1.82, 2.24) is 0 Å². The van der Waals surface area contributed by atoms with Gasteiger partial charge in [-0.3, -0.25) is 4.79 Å². The summed E-state index contributed by atoms with van der Waals surface area (Å²) in [6.45, 7) is 6.08. The Morgan fingerprint density at radius 2 is 2.21 bits per heavy atom. The van der Waals surface area contributed by atoms with E-state index in [1.807, 2.05) is 13.8 Å². The molecule has 1 saturated carbocycles. The van der Waals surface area contributed by atoms with Gasteiger partial charge in [-0.05, 0) is 38.0 Å². The van der Waals surface area contributed by atoms with Crippen LogP contribution in [0.5, 0.6) is 0 Å². The minimum Gasteiger partial charge on any atom is -0.481 e. The predicted molar refractivity (Wildman–Crippen MR) is 56.0 cm³/mol. The van der Waals surface area contributed by atoms with Gasteiger partial charge in [0, 0.05) is 5.54 Å². The van der Waals surface area contributed by atoms with Gasteiger partial charge < -0.3 is 10.8 Å². The third-order valence-corrected chi connectivity index (χ3v) is 3.71. The van der Waals surface area contributed by atoms with Gasteiger partial charge in [0.05, 0.1) is 6.42 Å². The van der Waals surface area contributed by atoms with E-state index >= 15 is 0 Å². The van der Waals surface area contributed by atoms with Crippen LogP contribution >= 0.6 is 0 Å². The number of aliphatic carboxylic acids is 1. The summed E-state index contributed by atoms with van der Waals surface area (Å²) in [6, 6.07) is 0. The summed E-state index contributed by atoms with van der Waals surface area (Å²) in [5.41, 5.74) is 5.53. The third-order valence-electron chi connectivity index (χ3n) is 3.71. The van der Waals surface area contributed by atoms with Crippen molar-refractivity contribution < 1.29 is 9.90 Å². The van der Waals surface area contributed by atoms with Crippen LogP contribution in [0.4, 0.5) is 0 Å². The van der Waals surface area contributed by atoms with Crippen LogP contribution in [0.15, 0.2) is 0 Å². The Balaban J connectivity index is 2.86. The summed E-state index contributed by atoms with van der Waals surface area (Å²) < 4.78 is 0. The van der Waals surface area contributed by atoms with Gasteiger partial charge in [0.1, 0.15) is 0 Å². The highest BCUT2D eigenvalue weighted by atomic mass is 16.4. The second-order valence-corrected chi connectivity index (χ2v) is 5.42. The topological polar surface area (TPSA) is 63.3 Å². The molecule has 1 aliphatic carbocycles. The SMILES string of the molecule is CC1CCC(CC(=O)O)(C(C)(C)N)C1. The second kappa shape index (κ2) is 3.54.